The number of benzene rings is 1. The Balaban J connectivity index is 2.73. The summed E-state index contributed by atoms with van der Waals surface area (Å²) >= 11 is 0. The molecule has 1 aromatic rings. The zero-order chi connectivity index (χ0) is 10.6. The summed E-state index contributed by atoms with van der Waals surface area (Å²) in [7, 11) is 0. The topological polar surface area (TPSA) is 115 Å². The molecule has 6 nitrogen and oxygen atoms in total. The number of hydrogen-bond acceptors (Lipinski definition) is 4. The average molecular weight is 194 g/mol. The summed E-state index contributed by atoms with van der Waals surface area (Å²) < 4.78 is 0. The molecule has 0 saturated heterocycles. The number of phenols is 2. The fraction of sp³-hybridized carbons (Fsp3) is 0. The van der Waals surface area contributed by atoms with Crippen molar-refractivity contribution >= 4 is 12.2 Å². The molecule has 6 heteroatoms. The van der Waals surface area contributed by atoms with Crippen LogP contribution in [0.2, 0.25) is 0 Å². The minimum absolute atomic E-state index is 0.193. The number of nitrogens with two attached hydrogens (primary N) is 1. The first-order valence-electron chi connectivity index (χ1n) is 3.74. The lowest BCUT2D eigenvalue weighted by atomic mass is 10.2. The van der Waals surface area contributed by atoms with E-state index < -0.39 is 0 Å². The Hall–Kier alpha value is -2.24. The average Bonchev–Trinajstić information content (AvgIpc) is 2.10. The van der Waals surface area contributed by atoms with Gasteiger partial charge in [0, 0.05) is 0 Å². The standard InChI is InChI=1S/C8H10N4O2/c9-8(10)12-11-4-5-1-2-6(13)7(14)3-5/h1-4,13-14H,(H4,9,10,12)/b11-4+. The summed E-state index contributed by atoms with van der Waals surface area (Å²) in [4.78, 5) is 0. The first-order valence-corrected chi connectivity index (χ1v) is 3.74. The van der Waals surface area contributed by atoms with Crippen molar-refractivity contribution < 1.29 is 10.2 Å². The van der Waals surface area contributed by atoms with E-state index >= 15 is 0 Å². The molecule has 0 unspecified atom stereocenters. The van der Waals surface area contributed by atoms with Gasteiger partial charge in [-0.2, -0.15) is 5.10 Å². The Labute approximate surface area is 80.2 Å². The molecule has 0 amide bonds. The molecule has 1 rings (SSSR count). The van der Waals surface area contributed by atoms with Gasteiger partial charge in [0.25, 0.3) is 0 Å². The van der Waals surface area contributed by atoms with E-state index in [1.54, 1.807) is 6.07 Å². The van der Waals surface area contributed by atoms with E-state index in [1.807, 2.05) is 0 Å². The maximum absolute atomic E-state index is 9.11. The largest absolute Gasteiger partial charge is 0.504 e. The number of hydrazone groups is 1. The van der Waals surface area contributed by atoms with Gasteiger partial charge in [-0.1, -0.05) is 0 Å². The molecule has 0 aromatic heterocycles. The van der Waals surface area contributed by atoms with Crippen LogP contribution in [-0.2, 0) is 0 Å². The second-order valence-corrected chi connectivity index (χ2v) is 2.53. The van der Waals surface area contributed by atoms with Crippen molar-refractivity contribution in [1.29, 1.82) is 5.41 Å². The van der Waals surface area contributed by atoms with Crippen LogP contribution >= 0.6 is 0 Å². The summed E-state index contributed by atoms with van der Waals surface area (Å²) in [5.41, 5.74) is 7.77. The van der Waals surface area contributed by atoms with Crippen LogP contribution in [0.15, 0.2) is 23.3 Å². The smallest absolute Gasteiger partial charge is 0.206 e. The van der Waals surface area contributed by atoms with Crippen LogP contribution in [0.5, 0.6) is 11.5 Å². The van der Waals surface area contributed by atoms with Gasteiger partial charge in [0.15, 0.2) is 11.5 Å². The van der Waals surface area contributed by atoms with Gasteiger partial charge in [-0.3, -0.25) is 5.41 Å². The Bertz CT molecular complexity index is 376. The van der Waals surface area contributed by atoms with Crippen molar-refractivity contribution in [2.75, 3.05) is 0 Å². The molecule has 0 saturated carbocycles. The second kappa shape index (κ2) is 4.13. The lowest BCUT2D eigenvalue weighted by molar-refractivity contribution is 0.403. The lowest BCUT2D eigenvalue weighted by Crippen LogP contribution is -2.25. The van der Waals surface area contributed by atoms with Crippen LogP contribution in [0, 0.1) is 5.41 Å². The van der Waals surface area contributed by atoms with Crippen LogP contribution in [-0.4, -0.2) is 22.4 Å². The fourth-order valence-electron chi connectivity index (χ4n) is 0.797. The predicted octanol–water partition coefficient (Wildman–Crippen LogP) is -0.0852. The number of aromatic hydroxyl groups is 2. The molecule has 0 spiro atoms. The van der Waals surface area contributed by atoms with Crippen molar-refractivity contribution in [3.05, 3.63) is 23.8 Å². The van der Waals surface area contributed by atoms with Crippen molar-refractivity contribution in [3.8, 4) is 11.5 Å². The SMILES string of the molecule is N=C(N)N/N=C/c1ccc(O)c(O)c1. The maximum atomic E-state index is 9.11. The first-order chi connectivity index (χ1) is 6.59. The molecular weight excluding hydrogens is 184 g/mol. The molecular formula is C8H10N4O2. The van der Waals surface area contributed by atoms with Gasteiger partial charge < -0.3 is 15.9 Å². The molecule has 0 radical (unpaired) electrons. The third-order valence-corrected chi connectivity index (χ3v) is 1.40. The fourth-order valence-corrected chi connectivity index (χ4v) is 0.797. The number of rotatable bonds is 2. The predicted molar refractivity (Wildman–Crippen MR) is 52.4 cm³/mol. The van der Waals surface area contributed by atoms with Gasteiger partial charge in [0.05, 0.1) is 6.21 Å². The Morgan fingerprint density at radius 3 is 2.71 bits per heavy atom. The summed E-state index contributed by atoms with van der Waals surface area (Å²) in [5, 5.41) is 28.5. The third-order valence-electron chi connectivity index (χ3n) is 1.40. The van der Waals surface area contributed by atoms with E-state index in [2.05, 4.69) is 10.5 Å². The Morgan fingerprint density at radius 2 is 2.14 bits per heavy atom. The van der Waals surface area contributed by atoms with Crippen molar-refractivity contribution in [1.82, 2.24) is 5.43 Å². The summed E-state index contributed by atoms with van der Waals surface area (Å²) in [6.45, 7) is 0. The molecule has 0 atom stereocenters. The minimum atomic E-state index is -0.274. The van der Waals surface area contributed by atoms with Crippen LogP contribution in [0.4, 0.5) is 0 Å². The Morgan fingerprint density at radius 1 is 1.43 bits per heavy atom. The number of phenolic OH excluding ortho intramolecular Hbond substituents is 2. The number of nitrogens with one attached hydrogen (secondary N) is 2. The van der Waals surface area contributed by atoms with Crippen molar-refractivity contribution in [2.45, 2.75) is 0 Å². The molecule has 14 heavy (non-hydrogen) atoms. The minimum Gasteiger partial charge on any atom is -0.504 e. The van der Waals surface area contributed by atoms with Gasteiger partial charge in [-0.15, -0.1) is 0 Å². The molecule has 0 aliphatic rings. The zero-order valence-corrected chi connectivity index (χ0v) is 7.23. The van der Waals surface area contributed by atoms with E-state index in [0.29, 0.717) is 5.56 Å². The molecule has 0 aliphatic carbocycles. The Kier molecular flexibility index (Phi) is 2.90. The zero-order valence-electron chi connectivity index (χ0n) is 7.23. The molecule has 0 heterocycles. The number of guanidine groups is 1. The van der Waals surface area contributed by atoms with E-state index in [9.17, 15) is 0 Å². The van der Waals surface area contributed by atoms with Gasteiger partial charge >= 0.3 is 0 Å². The van der Waals surface area contributed by atoms with Crippen LogP contribution < -0.4 is 11.2 Å². The van der Waals surface area contributed by atoms with Gasteiger partial charge in [0.2, 0.25) is 5.96 Å². The highest BCUT2D eigenvalue weighted by Crippen LogP contribution is 2.23. The summed E-state index contributed by atoms with van der Waals surface area (Å²) in [6, 6.07) is 4.23. The van der Waals surface area contributed by atoms with E-state index in [1.165, 1.54) is 18.3 Å². The molecule has 6 N–H and O–H groups in total. The van der Waals surface area contributed by atoms with E-state index in [4.69, 9.17) is 21.4 Å². The van der Waals surface area contributed by atoms with Crippen LogP contribution in [0.1, 0.15) is 5.56 Å². The van der Waals surface area contributed by atoms with E-state index in [0.717, 1.165) is 0 Å². The lowest BCUT2D eigenvalue weighted by Gasteiger charge is -1.98. The maximum Gasteiger partial charge on any atom is 0.206 e. The third kappa shape index (κ3) is 2.67. The molecule has 0 bridgehead atoms. The highest BCUT2D eigenvalue weighted by Gasteiger charge is 1.97. The van der Waals surface area contributed by atoms with Crippen LogP contribution in [0.3, 0.4) is 0 Å². The van der Waals surface area contributed by atoms with Gasteiger partial charge in [0.1, 0.15) is 0 Å². The highest BCUT2D eigenvalue weighted by atomic mass is 16.3. The van der Waals surface area contributed by atoms with Gasteiger partial charge in [-0.05, 0) is 23.8 Å². The monoisotopic (exact) mass is 194 g/mol. The van der Waals surface area contributed by atoms with Crippen molar-refractivity contribution in [3.63, 3.8) is 0 Å². The molecule has 0 aliphatic heterocycles. The van der Waals surface area contributed by atoms with E-state index in [-0.39, 0.29) is 17.5 Å². The number of hydrogen-bond donors (Lipinski definition) is 5. The molecule has 0 fully saturated rings. The second-order valence-electron chi connectivity index (χ2n) is 2.53. The highest BCUT2D eigenvalue weighted by molar-refractivity contribution is 5.82. The van der Waals surface area contributed by atoms with Gasteiger partial charge in [-0.25, -0.2) is 5.43 Å². The summed E-state index contributed by atoms with van der Waals surface area (Å²) in [6.07, 6.45) is 1.36. The molecule has 74 valence electrons. The summed E-state index contributed by atoms with van der Waals surface area (Å²) in [5.74, 6) is -0.692. The van der Waals surface area contributed by atoms with Crippen LogP contribution in [0.25, 0.3) is 0 Å². The normalized spacial score (nSPS) is 10.3. The quantitative estimate of drug-likeness (QED) is 0.196. The number of nitrogens with zero attached hydrogens (tertiary/aromatic N) is 1. The first kappa shape index (κ1) is 9.85. The molecule has 1 aromatic carbocycles. The van der Waals surface area contributed by atoms with Crippen molar-refractivity contribution in [2.24, 2.45) is 10.8 Å².